The van der Waals surface area contributed by atoms with Gasteiger partial charge >= 0.3 is 5.97 Å². The van der Waals surface area contributed by atoms with Crippen molar-refractivity contribution in [3.05, 3.63) is 53.9 Å². The lowest BCUT2D eigenvalue weighted by Gasteiger charge is -2.23. The fraction of sp³-hybridized carbons (Fsp3) is 0.214. The molecular weight excluding hydrogens is 230 g/mol. The Balaban J connectivity index is 2.27. The van der Waals surface area contributed by atoms with Crippen molar-refractivity contribution in [2.24, 2.45) is 0 Å². The Labute approximate surface area is 104 Å². The largest absolute Gasteiger partial charge is 0.479 e. The lowest BCUT2D eigenvalue weighted by atomic mass is 10.0. The molecule has 1 atom stereocenters. The number of aliphatic carboxylic acids is 1. The first-order valence-corrected chi connectivity index (χ1v) is 5.76. The molecule has 1 aromatic carbocycles. The highest BCUT2D eigenvalue weighted by molar-refractivity contribution is 5.79. The van der Waals surface area contributed by atoms with E-state index in [1.807, 2.05) is 41.1 Å². The van der Waals surface area contributed by atoms with Crippen LogP contribution < -0.4 is 0 Å². The number of hydrogen-bond donors (Lipinski definition) is 1. The summed E-state index contributed by atoms with van der Waals surface area (Å²) in [6, 6.07) is 11.4. The molecular formula is C14H13NO3. The maximum Gasteiger partial charge on any atom is 0.341 e. The van der Waals surface area contributed by atoms with Gasteiger partial charge in [-0.25, -0.2) is 4.79 Å². The Kier molecular flexibility index (Phi) is 2.28. The Morgan fingerprint density at radius 3 is 2.89 bits per heavy atom. The summed E-state index contributed by atoms with van der Waals surface area (Å²) < 4.78 is 7.53. The van der Waals surface area contributed by atoms with Crippen LogP contribution in [0.15, 0.2) is 42.6 Å². The van der Waals surface area contributed by atoms with Gasteiger partial charge in [-0.2, -0.15) is 0 Å². The average molecular weight is 243 g/mol. The molecule has 0 radical (unpaired) electrons. The van der Waals surface area contributed by atoms with Crippen molar-refractivity contribution in [3.8, 4) is 5.69 Å². The lowest BCUT2D eigenvalue weighted by Crippen LogP contribution is -2.36. The highest BCUT2D eigenvalue weighted by Crippen LogP contribution is 2.34. The van der Waals surface area contributed by atoms with Gasteiger partial charge in [-0.15, -0.1) is 0 Å². The number of benzene rings is 1. The van der Waals surface area contributed by atoms with E-state index >= 15 is 0 Å². The molecule has 0 saturated heterocycles. The summed E-state index contributed by atoms with van der Waals surface area (Å²) in [6.07, 6.45) is 1.87. The Hall–Kier alpha value is -2.07. The lowest BCUT2D eigenvalue weighted by molar-refractivity contribution is -0.167. The van der Waals surface area contributed by atoms with Crippen molar-refractivity contribution in [3.63, 3.8) is 0 Å². The summed E-state index contributed by atoms with van der Waals surface area (Å²) in [4.78, 5) is 11.5. The van der Waals surface area contributed by atoms with Crippen LogP contribution >= 0.6 is 0 Å². The predicted molar refractivity (Wildman–Crippen MR) is 65.5 cm³/mol. The molecule has 3 rings (SSSR count). The topological polar surface area (TPSA) is 51.5 Å². The van der Waals surface area contributed by atoms with Gasteiger partial charge < -0.3 is 14.4 Å². The second kappa shape index (κ2) is 3.71. The third-order valence-corrected chi connectivity index (χ3v) is 3.41. The number of para-hydroxylation sites is 1. The molecule has 0 saturated carbocycles. The Bertz CT molecular complexity index is 617. The number of ether oxygens (including phenoxy) is 1. The molecule has 1 unspecified atom stereocenters. The summed E-state index contributed by atoms with van der Waals surface area (Å²) in [5.74, 6) is -0.977. The summed E-state index contributed by atoms with van der Waals surface area (Å²) in [7, 11) is 0. The summed E-state index contributed by atoms with van der Waals surface area (Å²) in [5, 5.41) is 9.43. The van der Waals surface area contributed by atoms with E-state index in [0.29, 0.717) is 12.3 Å². The highest BCUT2D eigenvalue weighted by atomic mass is 16.5. The van der Waals surface area contributed by atoms with Gasteiger partial charge in [0.05, 0.1) is 18.0 Å². The summed E-state index contributed by atoms with van der Waals surface area (Å²) in [6.45, 7) is 1.88. The molecule has 0 fully saturated rings. The maximum absolute atomic E-state index is 11.5. The molecule has 2 aromatic rings. The van der Waals surface area contributed by atoms with E-state index in [4.69, 9.17) is 4.74 Å². The van der Waals surface area contributed by atoms with Gasteiger partial charge in [-0.3, -0.25) is 0 Å². The van der Waals surface area contributed by atoms with Gasteiger partial charge in [0.2, 0.25) is 5.60 Å². The average Bonchev–Trinajstić information content (AvgIpc) is 2.81. The van der Waals surface area contributed by atoms with Crippen molar-refractivity contribution in [1.82, 2.24) is 4.57 Å². The van der Waals surface area contributed by atoms with E-state index in [1.54, 1.807) is 13.0 Å². The number of rotatable bonds is 1. The predicted octanol–water partition coefficient (Wildman–Crippen LogP) is 2.31. The van der Waals surface area contributed by atoms with Crippen LogP contribution in [0.3, 0.4) is 0 Å². The van der Waals surface area contributed by atoms with Crippen molar-refractivity contribution in [1.29, 1.82) is 0 Å². The minimum absolute atomic E-state index is 0.292. The zero-order valence-electron chi connectivity index (χ0n) is 9.96. The summed E-state index contributed by atoms with van der Waals surface area (Å²) >= 11 is 0. The molecule has 0 spiro atoms. The van der Waals surface area contributed by atoms with Crippen molar-refractivity contribution in [2.75, 3.05) is 0 Å². The van der Waals surface area contributed by atoms with E-state index in [1.165, 1.54) is 0 Å². The van der Waals surface area contributed by atoms with Crippen molar-refractivity contribution >= 4 is 5.97 Å². The van der Waals surface area contributed by atoms with Crippen LogP contribution in [-0.2, 0) is 21.7 Å². The fourth-order valence-electron chi connectivity index (χ4n) is 2.32. The smallest absolute Gasteiger partial charge is 0.341 e. The van der Waals surface area contributed by atoms with Crippen LogP contribution in [0.5, 0.6) is 0 Å². The third kappa shape index (κ3) is 1.39. The molecule has 0 amide bonds. The van der Waals surface area contributed by atoms with Crippen LogP contribution in [-0.4, -0.2) is 15.6 Å². The van der Waals surface area contributed by atoms with Crippen LogP contribution in [0, 0.1) is 0 Å². The van der Waals surface area contributed by atoms with E-state index in [-0.39, 0.29) is 0 Å². The third-order valence-electron chi connectivity index (χ3n) is 3.41. The molecule has 4 heteroatoms. The number of aromatic nitrogens is 1. The number of carboxylic acids is 1. The molecule has 1 N–H and O–H groups in total. The van der Waals surface area contributed by atoms with Gasteiger partial charge in [-0.05, 0) is 25.1 Å². The van der Waals surface area contributed by atoms with E-state index < -0.39 is 11.6 Å². The molecule has 1 aliphatic heterocycles. The Morgan fingerprint density at radius 2 is 2.11 bits per heavy atom. The molecule has 2 heterocycles. The normalized spacial score (nSPS) is 21.8. The van der Waals surface area contributed by atoms with E-state index in [2.05, 4.69) is 0 Å². The van der Waals surface area contributed by atoms with Crippen molar-refractivity contribution < 1.29 is 14.6 Å². The molecule has 0 aliphatic carbocycles. The van der Waals surface area contributed by atoms with Gasteiger partial charge in [0, 0.05) is 11.8 Å². The van der Waals surface area contributed by atoms with E-state index in [0.717, 1.165) is 11.3 Å². The van der Waals surface area contributed by atoms with Gasteiger partial charge in [0.15, 0.2) is 0 Å². The molecule has 18 heavy (non-hydrogen) atoms. The fourth-order valence-corrected chi connectivity index (χ4v) is 2.32. The minimum Gasteiger partial charge on any atom is -0.479 e. The minimum atomic E-state index is -1.32. The van der Waals surface area contributed by atoms with Gasteiger partial charge in [0.25, 0.3) is 0 Å². The van der Waals surface area contributed by atoms with Crippen LogP contribution in [0.1, 0.15) is 18.2 Å². The van der Waals surface area contributed by atoms with Gasteiger partial charge in [0.1, 0.15) is 0 Å². The maximum atomic E-state index is 11.5. The molecule has 0 bridgehead atoms. The molecule has 4 nitrogen and oxygen atoms in total. The standard InChI is InChI=1S/C14H13NO3/c1-14(13(16)17)12-7-4-8-15(12)11-6-3-2-5-10(11)9-18-14/h2-8H,9H2,1H3,(H,16,17). The van der Waals surface area contributed by atoms with Crippen molar-refractivity contribution in [2.45, 2.75) is 19.1 Å². The number of hydrogen-bond acceptors (Lipinski definition) is 2. The monoisotopic (exact) mass is 243 g/mol. The first-order chi connectivity index (χ1) is 8.63. The van der Waals surface area contributed by atoms with Crippen LogP contribution in [0.25, 0.3) is 5.69 Å². The first-order valence-electron chi connectivity index (χ1n) is 5.76. The first kappa shape index (κ1) is 11.0. The summed E-state index contributed by atoms with van der Waals surface area (Å²) in [5.41, 5.74) is 1.28. The second-order valence-electron chi connectivity index (χ2n) is 4.52. The number of nitrogens with zero attached hydrogens (tertiary/aromatic N) is 1. The highest BCUT2D eigenvalue weighted by Gasteiger charge is 2.41. The zero-order chi connectivity index (χ0) is 12.8. The number of carbonyl (C=O) groups is 1. The van der Waals surface area contributed by atoms with E-state index in [9.17, 15) is 9.90 Å². The second-order valence-corrected chi connectivity index (χ2v) is 4.52. The zero-order valence-corrected chi connectivity index (χ0v) is 9.96. The van der Waals surface area contributed by atoms with Crippen LogP contribution in [0.2, 0.25) is 0 Å². The Morgan fingerprint density at radius 1 is 1.33 bits per heavy atom. The molecule has 92 valence electrons. The van der Waals surface area contributed by atoms with Gasteiger partial charge in [-0.1, -0.05) is 18.2 Å². The quantitative estimate of drug-likeness (QED) is 0.836. The molecule has 1 aliphatic rings. The SMILES string of the molecule is CC1(C(=O)O)OCc2ccccc2-n2cccc21. The number of fused-ring (bicyclic) bond motifs is 3. The number of carboxylic acid groups (broad SMARTS) is 1. The van der Waals surface area contributed by atoms with Crippen LogP contribution in [0.4, 0.5) is 0 Å². The molecule has 1 aromatic heterocycles.